The lowest BCUT2D eigenvalue weighted by molar-refractivity contribution is -0.136. The van der Waals surface area contributed by atoms with Gasteiger partial charge >= 0.3 is 0 Å². The molecule has 1 aromatic carbocycles. The number of likely N-dealkylation sites (tertiary alicyclic amines) is 1. The second-order valence-corrected chi connectivity index (χ2v) is 8.35. The van der Waals surface area contributed by atoms with Crippen LogP contribution in [0.1, 0.15) is 45.5 Å². The van der Waals surface area contributed by atoms with E-state index in [4.69, 9.17) is 0 Å². The number of amides is 5. The molecule has 0 aliphatic carbocycles. The largest absolute Gasteiger partial charge is 0.336 e. The number of imide groups is 2. The molecule has 10 heteroatoms. The fourth-order valence-electron chi connectivity index (χ4n) is 4.71. The van der Waals surface area contributed by atoms with E-state index in [0.717, 1.165) is 18.0 Å². The smallest absolute Gasteiger partial charge is 0.262 e. The molecule has 3 N–H and O–H groups in total. The molecule has 5 amide bonds. The highest BCUT2D eigenvalue weighted by atomic mass is 16.2. The molecule has 0 saturated carbocycles. The summed E-state index contributed by atoms with van der Waals surface area (Å²) in [5, 5.41) is 8.60. The van der Waals surface area contributed by atoms with Gasteiger partial charge in [0.1, 0.15) is 6.04 Å². The van der Waals surface area contributed by atoms with Crippen molar-refractivity contribution in [1.82, 2.24) is 25.8 Å². The Balaban J connectivity index is 1.32. The Labute approximate surface area is 178 Å². The molecule has 162 valence electrons. The lowest BCUT2D eigenvalue weighted by Crippen LogP contribution is -2.58. The van der Waals surface area contributed by atoms with Crippen molar-refractivity contribution >= 4 is 29.5 Å². The van der Waals surface area contributed by atoms with E-state index in [2.05, 4.69) is 16.0 Å². The molecule has 4 heterocycles. The highest BCUT2D eigenvalue weighted by molar-refractivity contribution is 6.24. The van der Waals surface area contributed by atoms with Crippen molar-refractivity contribution in [2.45, 2.75) is 43.9 Å². The van der Waals surface area contributed by atoms with Crippen molar-refractivity contribution in [2.75, 3.05) is 19.6 Å². The van der Waals surface area contributed by atoms with E-state index in [-0.39, 0.29) is 48.5 Å². The van der Waals surface area contributed by atoms with Crippen LogP contribution in [0, 0.1) is 0 Å². The Morgan fingerprint density at radius 3 is 2.55 bits per heavy atom. The number of nitrogens with zero attached hydrogens (tertiary/aromatic N) is 2. The normalized spacial score (nSPS) is 26.4. The first-order valence-electron chi connectivity index (χ1n) is 10.5. The van der Waals surface area contributed by atoms with Gasteiger partial charge in [0.15, 0.2) is 0 Å². The molecule has 4 aliphatic rings. The second-order valence-electron chi connectivity index (χ2n) is 8.35. The number of carbonyl (C=O) groups excluding carboxylic acids is 5. The summed E-state index contributed by atoms with van der Waals surface area (Å²) in [5.74, 6) is -2.04. The molecule has 0 aromatic heterocycles. The van der Waals surface area contributed by atoms with Gasteiger partial charge in [-0.25, -0.2) is 0 Å². The quantitative estimate of drug-likeness (QED) is 0.503. The first-order valence-corrected chi connectivity index (χ1v) is 10.5. The fourth-order valence-corrected chi connectivity index (χ4v) is 4.71. The van der Waals surface area contributed by atoms with Crippen molar-refractivity contribution in [3.63, 3.8) is 0 Å². The van der Waals surface area contributed by atoms with Crippen molar-refractivity contribution < 1.29 is 24.0 Å². The molecular weight excluding hydrogens is 402 g/mol. The maximum Gasteiger partial charge on any atom is 0.262 e. The lowest BCUT2D eigenvalue weighted by atomic mass is 10.0. The van der Waals surface area contributed by atoms with E-state index in [0.29, 0.717) is 18.5 Å². The molecule has 5 rings (SSSR count). The third-order valence-corrected chi connectivity index (χ3v) is 6.53. The number of fused-ring (bicyclic) bond motifs is 1. The third kappa shape index (κ3) is 3.22. The summed E-state index contributed by atoms with van der Waals surface area (Å²) in [5.41, 5.74) is 1.12. The Bertz CT molecular complexity index is 1000. The van der Waals surface area contributed by atoms with Crippen LogP contribution < -0.4 is 16.0 Å². The van der Waals surface area contributed by atoms with Crippen molar-refractivity contribution in [2.24, 2.45) is 0 Å². The number of hydrogen-bond acceptors (Lipinski definition) is 7. The zero-order chi connectivity index (χ0) is 21.7. The van der Waals surface area contributed by atoms with Crippen LogP contribution in [0.3, 0.4) is 0 Å². The van der Waals surface area contributed by atoms with Gasteiger partial charge in [0.25, 0.3) is 11.8 Å². The summed E-state index contributed by atoms with van der Waals surface area (Å²) in [6.07, 6.45) is 0.890. The van der Waals surface area contributed by atoms with Gasteiger partial charge in [-0.1, -0.05) is 12.1 Å². The molecule has 1 aromatic rings. The minimum absolute atomic E-state index is 0.0617. The summed E-state index contributed by atoms with van der Waals surface area (Å²) in [4.78, 5) is 65.2. The molecule has 10 nitrogen and oxygen atoms in total. The van der Waals surface area contributed by atoms with Crippen LogP contribution in [-0.2, 0) is 20.9 Å². The Morgan fingerprint density at radius 1 is 1.03 bits per heavy atom. The standard InChI is InChI=1S/C21H23N5O5/c27-16-5-4-15(18(28)24-16)26-19(29)13-3-1-2-11(17(13)21(26)31)8-23-14-6-7-25(20(14)30)12-9-22-10-12/h1-3,12,14-15,22-23H,4-10H2,(H,24,27,28). The van der Waals surface area contributed by atoms with Gasteiger partial charge in [0.05, 0.1) is 23.2 Å². The summed E-state index contributed by atoms with van der Waals surface area (Å²) < 4.78 is 0. The van der Waals surface area contributed by atoms with E-state index in [9.17, 15) is 24.0 Å². The molecule has 2 unspecified atom stereocenters. The molecule has 0 radical (unpaired) electrons. The van der Waals surface area contributed by atoms with Crippen LogP contribution in [0.25, 0.3) is 0 Å². The summed E-state index contributed by atoms with van der Waals surface area (Å²) in [6.45, 7) is 2.60. The van der Waals surface area contributed by atoms with Crippen LogP contribution in [0.15, 0.2) is 18.2 Å². The van der Waals surface area contributed by atoms with Crippen molar-refractivity contribution in [1.29, 1.82) is 0 Å². The van der Waals surface area contributed by atoms with Crippen LogP contribution in [0.4, 0.5) is 0 Å². The molecule has 4 aliphatic heterocycles. The second kappa shape index (κ2) is 7.54. The molecule has 3 fully saturated rings. The van der Waals surface area contributed by atoms with Gasteiger partial charge in [0, 0.05) is 32.6 Å². The summed E-state index contributed by atoms with van der Waals surface area (Å²) in [7, 11) is 0. The predicted octanol–water partition coefficient (Wildman–Crippen LogP) is -1.25. The van der Waals surface area contributed by atoms with Crippen molar-refractivity contribution in [3.05, 3.63) is 34.9 Å². The van der Waals surface area contributed by atoms with E-state index in [1.165, 1.54) is 0 Å². The van der Waals surface area contributed by atoms with E-state index in [1.807, 2.05) is 4.90 Å². The average Bonchev–Trinajstić information content (AvgIpc) is 3.18. The average molecular weight is 425 g/mol. The van der Waals surface area contributed by atoms with E-state index in [1.54, 1.807) is 18.2 Å². The number of benzene rings is 1. The van der Waals surface area contributed by atoms with E-state index >= 15 is 0 Å². The maximum absolute atomic E-state index is 13.1. The maximum atomic E-state index is 13.1. The first-order chi connectivity index (χ1) is 15.0. The number of piperidine rings is 1. The Morgan fingerprint density at radius 2 is 1.84 bits per heavy atom. The number of nitrogens with one attached hydrogen (secondary N) is 3. The van der Waals surface area contributed by atoms with Crippen LogP contribution >= 0.6 is 0 Å². The fraction of sp³-hybridized carbons (Fsp3) is 0.476. The SMILES string of the molecule is O=C1CCC(N2C(=O)c3cccc(CNC4CCN(C5CNC5)C4=O)c3C2=O)C(=O)N1. The minimum atomic E-state index is -0.994. The van der Waals surface area contributed by atoms with Crippen LogP contribution in [-0.4, -0.2) is 77.1 Å². The zero-order valence-electron chi connectivity index (χ0n) is 16.8. The topological polar surface area (TPSA) is 128 Å². The molecule has 3 saturated heterocycles. The van der Waals surface area contributed by atoms with Crippen LogP contribution in [0.2, 0.25) is 0 Å². The van der Waals surface area contributed by atoms with Gasteiger partial charge in [-0.05, 0) is 24.5 Å². The molecule has 31 heavy (non-hydrogen) atoms. The molecule has 0 spiro atoms. The monoisotopic (exact) mass is 425 g/mol. The highest BCUT2D eigenvalue weighted by Crippen LogP contribution is 2.30. The Hall–Kier alpha value is -3.11. The summed E-state index contributed by atoms with van der Waals surface area (Å²) in [6, 6.07) is 3.94. The summed E-state index contributed by atoms with van der Waals surface area (Å²) >= 11 is 0. The van der Waals surface area contributed by atoms with Crippen molar-refractivity contribution in [3.8, 4) is 0 Å². The molecule has 2 atom stereocenters. The number of rotatable bonds is 5. The van der Waals surface area contributed by atoms with Gasteiger partial charge in [-0.2, -0.15) is 0 Å². The third-order valence-electron chi connectivity index (χ3n) is 6.53. The predicted molar refractivity (Wildman–Crippen MR) is 107 cm³/mol. The van der Waals surface area contributed by atoms with Gasteiger partial charge in [0.2, 0.25) is 17.7 Å². The van der Waals surface area contributed by atoms with E-state index < -0.39 is 29.7 Å². The Kier molecular flexibility index (Phi) is 4.82. The zero-order valence-corrected chi connectivity index (χ0v) is 16.8. The lowest BCUT2D eigenvalue weighted by Gasteiger charge is -2.35. The number of carbonyl (C=O) groups is 5. The first kappa shape index (κ1) is 19.8. The van der Waals surface area contributed by atoms with Gasteiger partial charge < -0.3 is 15.5 Å². The minimum Gasteiger partial charge on any atom is -0.336 e. The van der Waals surface area contributed by atoms with Crippen LogP contribution in [0.5, 0.6) is 0 Å². The van der Waals surface area contributed by atoms with Gasteiger partial charge in [-0.3, -0.25) is 34.2 Å². The number of hydrogen-bond donors (Lipinski definition) is 3. The molecule has 0 bridgehead atoms. The van der Waals surface area contributed by atoms with Gasteiger partial charge in [-0.15, -0.1) is 0 Å². The molecular formula is C21H23N5O5. The highest BCUT2D eigenvalue weighted by Gasteiger charge is 2.45.